The summed E-state index contributed by atoms with van der Waals surface area (Å²) in [6, 6.07) is 4.03. The number of carbonyl (C=O) groups is 1. The number of fused-ring (bicyclic) bond motifs is 1. The van der Waals surface area contributed by atoms with E-state index in [-0.39, 0.29) is 11.3 Å². The maximum absolute atomic E-state index is 13.5. The Morgan fingerprint density at radius 3 is 2.63 bits per heavy atom. The molecule has 0 N–H and O–H groups in total. The van der Waals surface area contributed by atoms with Crippen LogP contribution in [-0.2, 0) is 0 Å². The molecule has 4 heteroatoms. The van der Waals surface area contributed by atoms with E-state index >= 15 is 0 Å². The number of nitrogens with zero attached hydrogens (tertiary/aromatic N) is 1. The van der Waals surface area contributed by atoms with Crippen molar-refractivity contribution in [3.8, 4) is 0 Å². The molecule has 1 heterocycles. The number of Topliss-reactive ketones (excluding diaryl/α,β-unsaturated/α-hetero) is 1. The zero-order chi connectivity index (χ0) is 14.2. The van der Waals surface area contributed by atoms with Crippen molar-refractivity contribution in [3.63, 3.8) is 0 Å². The fourth-order valence-corrected chi connectivity index (χ4v) is 1.82. The molecule has 0 aliphatic carbocycles. The predicted octanol–water partition coefficient (Wildman–Crippen LogP) is 4.13. The number of pyridine rings is 1. The molecule has 0 aliphatic heterocycles. The Labute approximate surface area is 110 Å². The van der Waals surface area contributed by atoms with Crippen LogP contribution in [0.25, 0.3) is 10.9 Å². The molecule has 2 nitrogen and oxygen atoms in total. The van der Waals surface area contributed by atoms with E-state index in [2.05, 4.69) is 4.98 Å². The van der Waals surface area contributed by atoms with Gasteiger partial charge in [0.1, 0.15) is 5.52 Å². The fraction of sp³-hybridized carbons (Fsp3) is 0.333. The molecule has 0 fully saturated rings. The Kier molecular flexibility index (Phi) is 3.35. The van der Waals surface area contributed by atoms with E-state index in [1.54, 1.807) is 6.07 Å². The van der Waals surface area contributed by atoms with E-state index in [0.29, 0.717) is 17.4 Å². The average Bonchev–Trinajstić information content (AvgIpc) is 2.41. The van der Waals surface area contributed by atoms with Gasteiger partial charge in [0.05, 0.1) is 0 Å². The van der Waals surface area contributed by atoms with Crippen molar-refractivity contribution in [1.29, 1.82) is 0 Å². The monoisotopic (exact) mass is 263 g/mol. The minimum atomic E-state index is -0.980. The number of carbonyl (C=O) groups excluding carboxylic acids is 1. The molecule has 0 radical (unpaired) electrons. The topological polar surface area (TPSA) is 30.0 Å². The van der Waals surface area contributed by atoms with Gasteiger partial charge in [-0.15, -0.1) is 0 Å². The van der Waals surface area contributed by atoms with Gasteiger partial charge in [0.25, 0.3) is 0 Å². The molecule has 0 spiro atoms. The normalized spacial score (nSPS) is 11.8. The second-order valence-electron chi connectivity index (χ2n) is 5.22. The van der Waals surface area contributed by atoms with E-state index in [0.717, 1.165) is 6.07 Å². The van der Waals surface area contributed by atoms with Crippen LogP contribution >= 0.6 is 0 Å². The lowest BCUT2D eigenvalue weighted by molar-refractivity contribution is 0.0833. The van der Waals surface area contributed by atoms with E-state index in [1.165, 1.54) is 12.3 Å². The van der Waals surface area contributed by atoms with Crippen molar-refractivity contribution in [2.24, 2.45) is 5.41 Å². The third-order valence-corrected chi connectivity index (χ3v) is 3.50. The van der Waals surface area contributed by atoms with Crippen molar-refractivity contribution in [1.82, 2.24) is 4.98 Å². The summed E-state index contributed by atoms with van der Waals surface area (Å²) in [5, 5.41) is 0.427. The van der Waals surface area contributed by atoms with Crippen LogP contribution in [0.2, 0.25) is 0 Å². The van der Waals surface area contributed by atoms with Gasteiger partial charge >= 0.3 is 0 Å². The van der Waals surface area contributed by atoms with Crippen molar-refractivity contribution in [2.45, 2.75) is 27.2 Å². The number of ketones is 1. The highest BCUT2D eigenvalue weighted by Crippen LogP contribution is 2.27. The molecule has 0 saturated heterocycles. The molecule has 2 rings (SSSR count). The molecule has 19 heavy (non-hydrogen) atoms. The number of benzene rings is 1. The quantitative estimate of drug-likeness (QED) is 0.779. The molecule has 0 atom stereocenters. The Bertz CT molecular complexity index is 650. The SMILES string of the molecule is CCC(C)(C)C(=O)c1cnc2c(F)c(F)ccc2c1. The lowest BCUT2D eigenvalue weighted by atomic mass is 9.82. The first-order valence-corrected chi connectivity index (χ1v) is 6.15. The number of halogens is 2. The van der Waals surface area contributed by atoms with Crippen molar-refractivity contribution in [2.75, 3.05) is 0 Å². The molecular weight excluding hydrogens is 248 g/mol. The minimum absolute atomic E-state index is 0.0471. The van der Waals surface area contributed by atoms with Crippen molar-refractivity contribution < 1.29 is 13.6 Å². The largest absolute Gasteiger partial charge is 0.294 e. The van der Waals surface area contributed by atoms with Gasteiger partial charge in [0, 0.05) is 22.6 Å². The highest BCUT2D eigenvalue weighted by atomic mass is 19.2. The zero-order valence-corrected chi connectivity index (χ0v) is 11.1. The van der Waals surface area contributed by atoms with Gasteiger partial charge in [-0.2, -0.15) is 0 Å². The first kappa shape index (κ1) is 13.6. The Balaban J connectivity index is 2.55. The predicted molar refractivity (Wildman–Crippen MR) is 70.1 cm³/mol. The number of aromatic nitrogens is 1. The number of hydrogen-bond acceptors (Lipinski definition) is 2. The summed E-state index contributed by atoms with van der Waals surface area (Å²) in [6.45, 7) is 5.64. The van der Waals surface area contributed by atoms with Crippen LogP contribution in [0.15, 0.2) is 24.4 Å². The molecule has 0 amide bonds. The van der Waals surface area contributed by atoms with Crippen LogP contribution < -0.4 is 0 Å². The van der Waals surface area contributed by atoms with Gasteiger partial charge in [0.2, 0.25) is 0 Å². The van der Waals surface area contributed by atoms with Crippen LogP contribution in [-0.4, -0.2) is 10.8 Å². The van der Waals surface area contributed by atoms with Gasteiger partial charge in [-0.05, 0) is 24.6 Å². The molecule has 0 unspecified atom stereocenters. The molecule has 1 aromatic heterocycles. The fourth-order valence-electron chi connectivity index (χ4n) is 1.82. The molecular formula is C15H15F2NO. The van der Waals surface area contributed by atoms with Crippen LogP contribution in [0.4, 0.5) is 8.78 Å². The van der Waals surface area contributed by atoms with Gasteiger partial charge < -0.3 is 0 Å². The van der Waals surface area contributed by atoms with E-state index in [4.69, 9.17) is 0 Å². The van der Waals surface area contributed by atoms with Crippen LogP contribution in [0, 0.1) is 17.0 Å². The van der Waals surface area contributed by atoms with Crippen molar-refractivity contribution >= 4 is 16.7 Å². The van der Waals surface area contributed by atoms with Gasteiger partial charge in [-0.3, -0.25) is 9.78 Å². The van der Waals surface area contributed by atoms with Crippen molar-refractivity contribution in [3.05, 3.63) is 41.6 Å². The standard InChI is InChI=1S/C15H15F2NO/c1-4-15(2,3)14(19)10-7-9-5-6-11(16)12(17)13(9)18-8-10/h5-8H,4H2,1-3H3. The van der Waals surface area contributed by atoms with E-state index < -0.39 is 17.0 Å². The highest BCUT2D eigenvalue weighted by Gasteiger charge is 2.27. The maximum atomic E-state index is 13.5. The lowest BCUT2D eigenvalue weighted by Gasteiger charge is -2.20. The van der Waals surface area contributed by atoms with E-state index in [1.807, 2.05) is 20.8 Å². The Morgan fingerprint density at radius 2 is 2.00 bits per heavy atom. The Hall–Kier alpha value is -1.84. The summed E-state index contributed by atoms with van der Waals surface area (Å²) in [4.78, 5) is 16.2. The van der Waals surface area contributed by atoms with Gasteiger partial charge in [-0.1, -0.05) is 20.8 Å². The van der Waals surface area contributed by atoms with Gasteiger partial charge in [0.15, 0.2) is 17.4 Å². The highest BCUT2D eigenvalue weighted by molar-refractivity contribution is 6.02. The molecule has 2 aromatic rings. The smallest absolute Gasteiger partial charge is 0.184 e. The molecule has 0 bridgehead atoms. The first-order chi connectivity index (χ1) is 8.86. The van der Waals surface area contributed by atoms with Crippen LogP contribution in [0.5, 0.6) is 0 Å². The second kappa shape index (κ2) is 4.68. The van der Waals surface area contributed by atoms with E-state index in [9.17, 15) is 13.6 Å². The maximum Gasteiger partial charge on any atom is 0.184 e. The van der Waals surface area contributed by atoms with Crippen LogP contribution in [0.1, 0.15) is 37.6 Å². The second-order valence-corrected chi connectivity index (χ2v) is 5.22. The van der Waals surface area contributed by atoms with Gasteiger partial charge in [-0.25, -0.2) is 8.78 Å². The summed E-state index contributed by atoms with van der Waals surface area (Å²) in [5.74, 6) is -1.96. The van der Waals surface area contributed by atoms with Crippen LogP contribution in [0.3, 0.4) is 0 Å². The summed E-state index contributed by atoms with van der Waals surface area (Å²) in [6.07, 6.45) is 2.01. The number of rotatable bonds is 3. The zero-order valence-electron chi connectivity index (χ0n) is 11.1. The lowest BCUT2D eigenvalue weighted by Crippen LogP contribution is -2.23. The molecule has 0 saturated carbocycles. The average molecular weight is 263 g/mol. The summed E-state index contributed by atoms with van der Waals surface area (Å²) >= 11 is 0. The minimum Gasteiger partial charge on any atom is -0.294 e. The summed E-state index contributed by atoms with van der Waals surface area (Å²) in [5.41, 5.74) is -0.121. The molecule has 100 valence electrons. The number of hydrogen-bond donors (Lipinski definition) is 0. The Morgan fingerprint density at radius 1 is 1.32 bits per heavy atom. The summed E-state index contributed by atoms with van der Waals surface area (Å²) < 4.78 is 26.6. The molecule has 1 aromatic carbocycles. The third kappa shape index (κ3) is 2.35. The third-order valence-electron chi connectivity index (χ3n) is 3.50. The summed E-state index contributed by atoms with van der Waals surface area (Å²) in [7, 11) is 0. The first-order valence-electron chi connectivity index (χ1n) is 6.15. The molecule has 0 aliphatic rings.